The van der Waals surface area contributed by atoms with E-state index in [-0.39, 0.29) is 22.9 Å². The predicted molar refractivity (Wildman–Crippen MR) is 89.9 cm³/mol. The summed E-state index contributed by atoms with van der Waals surface area (Å²) in [5.41, 5.74) is 0.417. The van der Waals surface area contributed by atoms with E-state index in [0.717, 1.165) is 11.8 Å². The van der Waals surface area contributed by atoms with Crippen LogP contribution in [0.25, 0.3) is 6.08 Å². The first-order valence-electron chi connectivity index (χ1n) is 6.72. The average Bonchev–Trinajstić information content (AvgIpc) is 2.76. The van der Waals surface area contributed by atoms with Crippen molar-refractivity contribution in [2.24, 2.45) is 0 Å². The molecule has 1 aromatic carbocycles. The molecule has 0 aliphatic carbocycles. The summed E-state index contributed by atoms with van der Waals surface area (Å²) in [6, 6.07) is 3.14. The summed E-state index contributed by atoms with van der Waals surface area (Å²) in [6.45, 7) is 3.75. The number of carbonyl (C=O) groups excluding carboxylic acids is 2. The van der Waals surface area contributed by atoms with Gasteiger partial charge in [0.1, 0.15) is 0 Å². The molecular weight excluding hydrogens is 370 g/mol. The third kappa shape index (κ3) is 3.15. The van der Waals surface area contributed by atoms with Gasteiger partial charge in [0.05, 0.1) is 12.0 Å². The highest BCUT2D eigenvalue weighted by Gasteiger charge is 2.37. The van der Waals surface area contributed by atoms with E-state index >= 15 is 0 Å². The normalized spacial score (nSPS) is 18.2. The second-order valence-corrected chi connectivity index (χ2v) is 6.76. The molecule has 1 unspecified atom stereocenters. The van der Waals surface area contributed by atoms with E-state index in [1.807, 2.05) is 13.8 Å². The molecule has 2 rings (SSSR count). The SMILES string of the molecule is CCC(C)N1C(=O)S/C(=C\c2cc(Br)cc(OC)c2O)C1=O. The fourth-order valence-electron chi connectivity index (χ4n) is 2.04. The van der Waals surface area contributed by atoms with Crippen LogP contribution in [0.15, 0.2) is 21.5 Å². The molecule has 1 aliphatic rings. The van der Waals surface area contributed by atoms with Crippen LogP contribution in [0, 0.1) is 0 Å². The van der Waals surface area contributed by atoms with E-state index < -0.39 is 0 Å². The van der Waals surface area contributed by atoms with Crippen molar-refractivity contribution in [1.29, 1.82) is 0 Å². The number of nitrogens with zero attached hydrogens (tertiary/aromatic N) is 1. The van der Waals surface area contributed by atoms with Crippen LogP contribution in [0.4, 0.5) is 4.79 Å². The molecule has 0 saturated carbocycles. The minimum Gasteiger partial charge on any atom is -0.504 e. The van der Waals surface area contributed by atoms with Crippen molar-refractivity contribution >= 4 is 44.9 Å². The number of aromatic hydroxyl groups is 1. The number of thioether (sulfide) groups is 1. The number of rotatable bonds is 4. The molecule has 1 aromatic rings. The van der Waals surface area contributed by atoms with Crippen LogP contribution in [0.2, 0.25) is 0 Å². The van der Waals surface area contributed by atoms with Gasteiger partial charge in [-0.05, 0) is 43.3 Å². The quantitative estimate of drug-likeness (QED) is 0.793. The second kappa shape index (κ2) is 6.75. The maximum absolute atomic E-state index is 12.4. The Labute approximate surface area is 141 Å². The van der Waals surface area contributed by atoms with Gasteiger partial charge in [-0.1, -0.05) is 22.9 Å². The molecule has 1 atom stereocenters. The van der Waals surface area contributed by atoms with Crippen LogP contribution in [0.3, 0.4) is 0 Å². The third-order valence-electron chi connectivity index (χ3n) is 3.43. The minimum atomic E-state index is -0.331. The molecular formula is C15H16BrNO4S. The minimum absolute atomic E-state index is 0.0685. The zero-order chi connectivity index (χ0) is 16.4. The fraction of sp³-hybridized carbons (Fsp3) is 0.333. The third-order valence-corrected chi connectivity index (χ3v) is 4.77. The van der Waals surface area contributed by atoms with Crippen molar-refractivity contribution in [2.45, 2.75) is 26.3 Å². The molecule has 1 heterocycles. The van der Waals surface area contributed by atoms with Crippen molar-refractivity contribution in [2.75, 3.05) is 7.11 Å². The Kier molecular flexibility index (Phi) is 5.18. The van der Waals surface area contributed by atoms with Crippen molar-refractivity contribution in [3.8, 4) is 11.5 Å². The number of ether oxygens (including phenoxy) is 1. The van der Waals surface area contributed by atoms with Crippen LogP contribution in [-0.2, 0) is 4.79 Å². The first-order chi connectivity index (χ1) is 10.4. The fourth-order valence-corrected chi connectivity index (χ4v) is 3.42. The van der Waals surface area contributed by atoms with E-state index in [1.165, 1.54) is 18.1 Å². The van der Waals surface area contributed by atoms with Crippen LogP contribution in [0.5, 0.6) is 11.5 Å². The lowest BCUT2D eigenvalue weighted by Gasteiger charge is -2.19. The molecule has 118 valence electrons. The Hall–Kier alpha value is -1.47. The summed E-state index contributed by atoms with van der Waals surface area (Å²) < 4.78 is 5.78. The number of carbonyl (C=O) groups is 2. The Balaban J connectivity index is 2.41. The summed E-state index contributed by atoms with van der Waals surface area (Å²) in [7, 11) is 1.45. The smallest absolute Gasteiger partial charge is 0.293 e. The van der Waals surface area contributed by atoms with Gasteiger partial charge >= 0.3 is 0 Å². The number of phenolic OH excluding ortho intramolecular Hbond substituents is 1. The number of amides is 2. The molecule has 0 spiro atoms. The largest absolute Gasteiger partial charge is 0.504 e. The first kappa shape index (κ1) is 16.9. The zero-order valence-corrected chi connectivity index (χ0v) is 14.8. The average molecular weight is 386 g/mol. The number of halogens is 1. The van der Waals surface area contributed by atoms with Gasteiger partial charge in [-0.2, -0.15) is 0 Å². The zero-order valence-electron chi connectivity index (χ0n) is 12.4. The van der Waals surface area contributed by atoms with E-state index in [1.54, 1.807) is 12.1 Å². The highest BCUT2D eigenvalue weighted by molar-refractivity contribution is 9.10. The molecule has 1 fully saturated rings. The lowest BCUT2D eigenvalue weighted by molar-refractivity contribution is -0.124. The molecule has 0 aromatic heterocycles. The summed E-state index contributed by atoms with van der Waals surface area (Å²) >= 11 is 4.20. The number of hydrogen-bond donors (Lipinski definition) is 1. The number of imide groups is 1. The second-order valence-electron chi connectivity index (χ2n) is 4.85. The first-order valence-corrected chi connectivity index (χ1v) is 8.33. The number of phenols is 1. The van der Waals surface area contributed by atoms with Crippen LogP contribution in [-0.4, -0.2) is 34.3 Å². The Morgan fingerprint density at radius 2 is 2.14 bits per heavy atom. The van der Waals surface area contributed by atoms with E-state index in [2.05, 4.69) is 15.9 Å². The maximum Gasteiger partial charge on any atom is 0.293 e. The highest BCUT2D eigenvalue weighted by Crippen LogP contribution is 2.39. The molecule has 5 nitrogen and oxygen atoms in total. The molecule has 1 saturated heterocycles. The monoisotopic (exact) mass is 385 g/mol. The molecule has 1 aliphatic heterocycles. The lowest BCUT2D eigenvalue weighted by atomic mass is 10.1. The summed E-state index contributed by atoms with van der Waals surface area (Å²) in [4.78, 5) is 25.9. The maximum atomic E-state index is 12.4. The molecule has 2 amide bonds. The van der Waals surface area contributed by atoms with Gasteiger partial charge in [0, 0.05) is 16.1 Å². The summed E-state index contributed by atoms with van der Waals surface area (Å²) in [5, 5.41) is 9.85. The Bertz CT molecular complexity index is 659. The predicted octanol–water partition coefficient (Wildman–Crippen LogP) is 4.00. The molecule has 22 heavy (non-hydrogen) atoms. The van der Waals surface area contributed by atoms with Crippen molar-refractivity contribution in [3.63, 3.8) is 0 Å². The highest BCUT2D eigenvalue weighted by atomic mass is 79.9. The molecule has 1 N–H and O–H groups in total. The van der Waals surface area contributed by atoms with Gasteiger partial charge in [0.15, 0.2) is 11.5 Å². The summed E-state index contributed by atoms with van der Waals surface area (Å²) in [6.07, 6.45) is 2.21. The van der Waals surface area contributed by atoms with Crippen molar-refractivity contribution in [1.82, 2.24) is 4.90 Å². The van der Waals surface area contributed by atoms with Crippen molar-refractivity contribution in [3.05, 3.63) is 27.1 Å². The van der Waals surface area contributed by atoms with Crippen molar-refractivity contribution < 1.29 is 19.4 Å². The molecule has 0 bridgehead atoms. The van der Waals surface area contributed by atoms with Crippen LogP contribution < -0.4 is 4.74 Å². The Morgan fingerprint density at radius 1 is 1.45 bits per heavy atom. The van der Waals surface area contributed by atoms with Gasteiger partial charge in [0.2, 0.25) is 0 Å². The van der Waals surface area contributed by atoms with Crippen LogP contribution >= 0.6 is 27.7 Å². The van der Waals surface area contributed by atoms with E-state index in [9.17, 15) is 14.7 Å². The van der Waals surface area contributed by atoms with Gasteiger partial charge in [0.25, 0.3) is 11.1 Å². The summed E-state index contributed by atoms with van der Waals surface area (Å²) in [5.74, 6) is -0.106. The van der Waals surface area contributed by atoms with Gasteiger partial charge in [-0.25, -0.2) is 0 Å². The molecule has 0 radical (unpaired) electrons. The van der Waals surface area contributed by atoms with E-state index in [0.29, 0.717) is 27.1 Å². The van der Waals surface area contributed by atoms with Gasteiger partial charge in [-0.15, -0.1) is 0 Å². The molecule has 7 heteroatoms. The van der Waals surface area contributed by atoms with E-state index in [4.69, 9.17) is 4.74 Å². The standard InChI is InChI=1S/C15H16BrNO4S/c1-4-8(2)17-14(19)12(22-15(17)20)6-9-5-10(16)7-11(21-3)13(9)18/h5-8,18H,4H2,1-3H3/b12-6-. The number of hydrogen-bond acceptors (Lipinski definition) is 5. The van der Waals surface area contributed by atoms with Gasteiger partial charge in [-0.3, -0.25) is 14.5 Å². The topological polar surface area (TPSA) is 66.8 Å². The Morgan fingerprint density at radius 3 is 2.73 bits per heavy atom. The number of methoxy groups -OCH3 is 1. The van der Waals surface area contributed by atoms with Crippen LogP contribution in [0.1, 0.15) is 25.8 Å². The number of benzene rings is 1. The van der Waals surface area contributed by atoms with Gasteiger partial charge < -0.3 is 9.84 Å². The lowest BCUT2D eigenvalue weighted by Crippen LogP contribution is -2.36.